The lowest BCUT2D eigenvalue weighted by Gasteiger charge is -2.43. The Bertz CT molecular complexity index is 577. The number of hydrogen-bond acceptors (Lipinski definition) is 1. The second-order valence-electron chi connectivity index (χ2n) is 6.44. The van der Waals surface area contributed by atoms with Crippen LogP contribution in [0.2, 0.25) is 5.04 Å². The van der Waals surface area contributed by atoms with Gasteiger partial charge in [0.15, 0.2) is 0 Å². The molecule has 0 aliphatic heterocycles. The minimum Gasteiger partial charge on any atom is -0.535 e. The fourth-order valence-electron chi connectivity index (χ4n) is 2.89. The van der Waals surface area contributed by atoms with Crippen LogP contribution >= 0.6 is 0 Å². The molecule has 2 aromatic rings. The maximum Gasteiger partial charge on any atom is 0.319 e. The topological polar surface area (TPSA) is 9.23 Å². The van der Waals surface area contributed by atoms with E-state index in [0.717, 1.165) is 10.4 Å². The summed E-state index contributed by atoms with van der Waals surface area (Å²) in [4.78, 5) is 0. The van der Waals surface area contributed by atoms with Crippen LogP contribution in [-0.4, -0.2) is 15.0 Å². The van der Waals surface area contributed by atoms with Crippen LogP contribution in [0, 0.1) is 0 Å². The van der Waals surface area contributed by atoms with Crippen molar-refractivity contribution in [1.82, 2.24) is 0 Å². The van der Waals surface area contributed by atoms with Gasteiger partial charge in [0, 0.05) is 0 Å². The lowest BCUT2D eigenvalue weighted by atomic mass is 10.2. The van der Waals surface area contributed by atoms with Crippen LogP contribution in [0.1, 0.15) is 20.8 Å². The van der Waals surface area contributed by atoms with Gasteiger partial charge in [-0.1, -0.05) is 88.0 Å². The Morgan fingerprint density at radius 1 is 0.955 bits per heavy atom. The summed E-state index contributed by atoms with van der Waals surface area (Å²) in [6, 6.07) is 20.3. The first-order valence-electron chi connectivity index (χ1n) is 7.45. The van der Waals surface area contributed by atoms with Gasteiger partial charge in [-0.15, -0.1) is 0 Å². The Balaban J connectivity index is 2.73. The van der Waals surface area contributed by atoms with Crippen molar-refractivity contribution in [3.63, 3.8) is 0 Å². The van der Waals surface area contributed by atoms with Crippen LogP contribution in [0.4, 0.5) is 4.39 Å². The number of hydrogen-bond donors (Lipinski definition) is 0. The highest BCUT2D eigenvalue weighted by molar-refractivity contribution is 6.99. The van der Waals surface area contributed by atoms with E-state index in [0.29, 0.717) is 0 Å². The van der Waals surface area contributed by atoms with Gasteiger partial charge in [0.05, 0.1) is 0 Å². The summed E-state index contributed by atoms with van der Waals surface area (Å²) in [5.41, 5.74) is 0. The summed E-state index contributed by atoms with van der Waals surface area (Å²) in [6.07, 6.45) is 0. The highest BCUT2D eigenvalue weighted by Gasteiger charge is 2.52. The van der Waals surface area contributed by atoms with E-state index in [1.165, 1.54) is 0 Å². The third kappa shape index (κ3) is 3.00. The van der Waals surface area contributed by atoms with Crippen molar-refractivity contribution in [1.29, 1.82) is 0 Å². The third-order valence-electron chi connectivity index (χ3n) is 3.86. The van der Waals surface area contributed by atoms with Crippen molar-refractivity contribution in [3.8, 4) is 0 Å². The van der Waals surface area contributed by atoms with Gasteiger partial charge in [-0.2, -0.15) is 0 Å². The summed E-state index contributed by atoms with van der Waals surface area (Å²) >= 11 is 0. The van der Waals surface area contributed by atoms with Crippen LogP contribution in [0.25, 0.3) is 0 Å². The van der Waals surface area contributed by atoms with E-state index in [2.05, 4.69) is 51.6 Å². The monoisotopic (exact) mass is 314 g/mol. The Kier molecular flexibility index (Phi) is 4.86. The van der Waals surface area contributed by atoms with Crippen LogP contribution in [-0.2, 0) is 4.43 Å². The molecule has 0 unspecified atom stereocenters. The van der Waals surface area contributed by atoms with E-state index in [1.54, 1.807) is 0 Å². The molecule has 2 rings (SSSR count). The molecule has 0 saturated carbocycles. The van der Waals surface area contributed by atoms with Gasteiger partial charge in [0.1, 0.15) is 12.4 Å². The molecule has 0 saturated heterocycles. The predicted octanol–water partition coefficient (Wildman–Crippen LogP) is 4.05. The molecule has 0 bridgehead atoms. The predicted molar refractivity (Wildman–Crippen MR) is 93.8 cm³/mol. The first kappa shape index (κ1) is 16.5. The van der Waals surface area contributed by atoms with Gasteiger partial charge in [-0.25, -0.2) is 4.39 Å². The van der Waals surface area contributed by atoms with Crippen LogP contribution in [0.15, 0.2) is 73.0 Å². The summed E-state index contributed by atoms with van der Waals surface area (Å²) in [5.74, 6) is 0.203. The molecule has 1 nitrogen and oxygen atoms in total. The van der Waals surface area contributed by atoms with Crippen LogP contribution < -0.4 is 10.4 Å². The van der Waals surface area contributed by atoms with Crippen molar-refractivity contribution in [2.75, 3.05) is 6.67 Å². The van der Waals surface area contributed by atoms with Crippen molar-refractivity contribution in [2.45, 2.75) is 25.8 Å². The third-order valence-corrected chi connectivity index (χ3v) is 8.86. The molecule has 2 aromatic carbocycles. The standard InChI is InChI=1S/C19H23FOSi/c1-16(15-20)21-22(19(2,3)4,17-11-7-5-8-12-17)18-13-9-6-10-14-18/h5-14H,1,15H2,2-4H3. The number of rotatable bonds is 5. The molecule has 0 aromatic heterocycles. The van der Waals surface area contributed by atoms with Gasteiger partial charge >= 0.3 is 8.32 Å². The van der Waals surface area contributed by atoms with E-state index in [4.69, 9.17) is 4.43 Å². The fourth-order valence-corrected chi connectivity index (χ4v) is 7.31. The average Bonchev–Trinajstić information content (AvgIpc) is 2.52. The molecule has 0 aliphatic carbocycles. The first-order chi connectivity index (χ1) is 10.4. The molecule has 0 spiro atoms. The normalized spacial score (nSPS) is 12.0. The molecule has 0 aliphatic rings. The lowest BCUT2D eigenvalue weighted by molar-refractivity contribution is 0.344. The first-order valence-corrected chi connectivity index (χ1v) is 9.36. The van der Waals surface area contributed by atoms with Crippen molar-refractivity contribution < 1.29 is 8.82 Å². The van der Waals surface area contributed by atoms with Gasteiger partial charge in [-0.3, -0.25) is 0 Å². The summed E-state index contributed by atoms with van der Waals surface area (Å²) in [5, 5.41) is 2.10. The Morgan fingerprint density at radius 3 is 1.68 bits per heavy atom. The zero-order valence-corrected chi connectivity index (χ0v) is 14.5. The molecule has 3 heteroatoms. The van der Waals surface area contributed by atoms with Gasteiger partial charge in [0.2, 0.25) is 0 Å². The number of allylic oxidation sites excluding steroid dienone is 1. The molecular formula is C19H23FOSi. The quantitative estimate of drug-likeness (QED) is 0.598. The zero-order valence-electron chi connectivity index (χ0n) is 13.5. The highest BCUT2D eigenvalue weighted by atomic mass is 28.4. The molecule has 0 fully saturated rings. The number of benzene rings is 2. The number of alkyl halides is 1. The average molecular weight is 314 g/mol. The minimum atomic E-state index is -2.67. The summed E-state index contributed by atoms with van der Waals surface area (Å²) < 4.78 is 19.4. The SMILES string of the molecule is C=C(CF)O[Si](c1ccccc1)(c1ccccc1)C(C)(C)C. The van der Waals surface area contributed by atoms with Crippen LogP contribution in [0.5, 0.6) is 0 Å². The maximum absolute atomic E-state index is 13.1. The molecule has 0 N–H and O–H groups in total. The Morgan fingerprint density at radius 2 is 1.36 bits per heavy atom. The zero-order chi connectivity index (χ0) is 16.2. The smallest absolute Gasteiger partial charge is 0.319 e. The second-order valence-corrected chi connectivity index (χ2v) is 10.7. The largest absolute Gasteiger partial charge is 0.535 e. The van der Waals surface area contributed by atoms with E-state index >= 15 is 0 Å². The minimum absolute atomic E-state index is 0.159. The molecule has 0 amide bonds. The molecule has 0 radical (unpaired) electrons. The van der Waals surface area contributed by atoms with Gasteiger partial charge in [-0.05, 0) is 15.4 Å². The van der Waals surface area contributed by atoms with Gasteiger partial charge < -0.3 is 4.43 Å². The Hall–Kier alpha value is -1.87. The van der Waals surface area contributed by atoms with E-state index in [9.17, 15) is 4.39 Å². The fraction of sp³-hybridized carbons (Fsp3) is 0.263. The van der Waals surface area contributed by atoms with Gasteiger partial charge in [0.25, 0.3) is 0 Å². The molecule has 116 valence electrons. The summed E-state index contributed by atoms with van der Waals surface area (Å²) in [7, 11) is -2.67. The summed E-state index contributed by atoms with van der Waals surface area (Å²) in [6.45, 7) is 9.57. The number of halogens is 1. The lowest BCUT2D eigenvalue weighted by Crippen LogP contribution is -2.66. The van der Waals surface area contributed by atoms with Crippen molar-refractivity contribution in [3.05, 3.63) is 73.0 Å². The molecular weight excluding hydrogens is 291 g/mol. The maximum atomic E-state index is 13.1. The highest BCUT2D eigenvalue weighted by Crippen LogP contribution is 2.37. The Labute approximate surface area is 133 Å². The van der Waals surface area contributed by atoms with E-state index < -0.39 is 15.0 Å². The second kappa shape index (κ2) is 6.49. The van der Waals surface area contributed by atoms with E-state index in [-0.39, 0.29) is 10.8 Å². The van der Waals surface area contributed by atoms with Crippen molar-refractivity contribution in [2.24, 2.45) is 0 Å². The molecule has 22 heavy (non-hydrogen) atoms. The molecule has 0 heterocycles. The molecule has 0 atom stereocenters. The van der Waals surface area contributed by atoms with E-state index in [1.807, 2.05) is 36.4 Å². The van der Waals surface area contributed by atoms with Crippen molar-refractivity contribution >= 4 is 18.7 Å². The van der Waals surface area contributed by atoms with Crippen LogP contribution in [0.3, 0.4) is 0 Å².